The van der Waals surface area contributed by atoms with Crippen LogP contribution in [0.1, 0.15) is 12.5 Å². The number of hydrogen-bond acceptors (Lipinski definition) is 3. The van der Waals surface area contributed by atoms with Gasteiger partial charge in [-0.3, -0.25) is 0 Å². The Morgan fingerprint density at radius 3 is 2.61 bits per heavy atom. The number of benzene rings is 2. The van der Waals surface area contributed by atoms with Crippen molar-refractivity contribution < 1.29 is 4.74 Å². The van der Waals surface area contributed by atoms with Crippen LogP contribution in [0.15, 0.2) is 53.4 Å². The maximum Gasteiger partial charge on any atom is 0.121 e. The SMILES string of the molecule is CCSc1cc(OCc2ccccc2)ccc1N. The summed E-state index contributed by atoms with van der Waals surface area (Å²) in [6.07, 6.45) is 0. The van der Waals surface area contributed by atoms with Crippen molar-refractivity contribution in [2.45, 2.75) is 18.4 Å². The van der Waals surface area contributed by atoms with Crippen molar-refractivity contribution in [3.8, 4) is 5.75 Å². The molecule has 0 unspecified atom stereocenters. The summed E-state index contributed by atoms with van der Waals surface area (Å²) >= 11 is 1.73. The van der Waals surface area contributed by atoms with Crippen LogP contribution < -0.4 is 10.5 Å². The molecule has 0 radical (unpaired) electrons. The second-order valence-electron chi connectivity index (χ2n) is 3.91. The number of rotatable bonds is 5. The molecule has 0 aromatic heterocycles. The van der Waals surface area contributed by atoms with E-state index in [4.69, 9.17) is 10.5 Å². The highest BCUT2D eigenvalue weighted by Crippen LogP contribution is 2.29. The molecule has 0 aliphatic heterocycles. The Balaban J connectivity index is 2.03. The first-order chi connectivity index (χ1) is 8.79. The Hall–Kier alpha value is -1.61. The lowest BCUT2D eigenvalue weighted by atomic mass is 10.2. The molecule has 0 atom stereocenters. The third-order valence-electron chi connectivity index (χ3n) is 2.53. The van der Waals surface area contributed by atoms with E-state index in [0.29, 0.717) is 6.61 Å². The van der Waals surface area contributed by atoms with E-state index in [-0.39, 0.29) is 0 Å². The minimum atomic E-state index is 0.584. The highest BCUT2D eigenvalue weighted by Gasteiger charge is 2.02. The predicted octanol–water partition coefficient (Wildman–Crippen LogP) is 3.96. The molecule has 2 nitrogen and oxygen atoms in total. The molecule has 2 rings (SSSR count). The Labute approximate surface area is 112 Å². The third kappa shape index (κ3) is 3.44. The van der Waals surface area contributed by atoms with Gasteiger partial charge in [-0.05, 0) is 29.5 Å². The number of thioether (sulfide) groups is 1. The van der Waals surface area contributed by atoms with Crippen LogP contribution >= 0.6 is 11.8 Å². The van der Waals surface area contributed by atoms with Gasteiger partial charge in [-0.25, -0.2) is 0 Å². The Morgan fingerprint density at radius 2 is 1.89 bits per heavy atom. The fourth-order valence-electron chi connectivity index (χ4n) is 1.63. The van der Waals surface area contributed by atoms with E-state index in [9.17, 15) is 0 Å². The van der Waals surface area contributed by atoms with E-state index >= 15 is 0 Å². The summed E-state index contributed by atoms with van der Waals surface area (Å²) in [7, 11) is 0. The average Bonchev–Trinajstić information content (AvgIpc) is 2.41. The third-order valence-corrected chi connectivity index (χ3v) is 3.49. The van der Waals surface area contributed by atoms with Gasteiger partial charge in [0.05, 0.1) is 0 Å². The first kappa shape index (κ1) is 12.8. The van der Waals surface area contributed by atoms with E-state index in [2.05, 4.69) is 19.1 Å². The minimum absolute atomic E-state index is 0.584. The van der Waals surface area contributed by atoms with Crippen LogP contribution in [0, 0.1) is 0 Å². The monoisotopic (exact) mass is 259 g/mol. The molecular weight excluding hydrogens is 242 g/mol. The van der Waals surface area contributed by atoms with Crippen molar-refractivity contribution in [3.63, 3.8) is 0 Å². The Kier molecular flexibility index (Phi) is 4.53. The zero-order chi connectivity index (χ0) is 12.8. The van der Waals surface area contributed by atoms with E-state index in [0.717, 1.165) is 22.1 Å². The Morgan fingerprint density at radius 1 is 1.11 bits per heavy atom. The first-order valence-electron chi connectivity index (χ1n) is 5.98. The fourth-order valence-corrected chi connectivity index (χ4v) is 2.37. The van der Waals surface area contributed by atoms with Gasteiger partial charge in [-0.2, -0.15) is 0 Å². The lowest BCUT2D eigenvalue weighted by Crippen LogP contribution is -1.96. The lowest BCUT2D eigenvalue weighted by molar-refractivity contribution is 0.305. The quantitative estimate of drug-likeness (QED) is 0.652. The van der Waals surface area contributed by atoms with Gasteiger partial charge >= 0.3 is 0 Å². The zero-order valence-electron chi connectivity index (χ0n) is 10.4. The van der Waals surface area contributed by atoms with Crippen LogP contribution in [-0.4, -0.2) is 5.75 Å². The topological polar surface area (TPSA) is 35.2 Å². The fraction of sp³-hybridized carbons (Fsp3) is 0.200. The largest absolute Gasteiger partial charge is 0.489 e. The van der Waals surface area contributed by atoms with E-state index in [1.165, 1.54) is 5.56 Å². The van der Waals surface area contributed by atoms with Gasteiger partial charge in [0.1, 0.15) is 12.4 Å². The van der Waals surface area contributed by atoms with Gasteiger partial charge in [-0.15, -0.1) is 11.8 Å². The molecule has 2 aromatic carbocycles. The Bertz CT molecular complexity index is 499. The first-order valence-corrected chi connectivity index (χ1v) is 6.97. The van der Waals surface area contributed by atoms with Crippen molar-refractivity contribution in [1.29, 1.82) is 0 Å². The van der Waals surface area contributed by atoms with Crippen molar-refractivity contribution in [2.24, 2.45) is 0 Å². The van der Waals surface area contributed by atoms with Crippen LogP contribution in [0.2, 0.25) is 0 Å². The highest BCUT2D eigenvalue weighted by atomic mass is 32.2. The lowest BCUT2D eigenvalue weighted by Gasteiger charge is -2.09. The molecule has 2 N–H and O–H groups in total. The van der Waals surface area contributed by atoms with Crippen molar-refractivity contribution >= 4 is 17.4 Å². The molecule has 0 aliphatic carbocycles. The molecule has 94 valence electrons. The summed E-state index contributed by atoms with van der Waals surface area (Å²) in [6, 6.07) is 16.0. The number of nitrogens with two attached hydrogens (primary N) is 1. The summed E-state index contributed by atoms with van der Waals surface area (Å²) < 4.78 is 5.77. The molecule has 3 heteroatoms. The van der Waals surface area contributed by atoms with Gasteiger partial charge in [-0.1, -0.05) is 37.3 Å². The number of anilines is 1. The van der Waals surface area contributed by atoms with Crippen LogP contribution in [0.25, 0.3) is 0 Å². The van der Waals surface area contributed by atoms with Crippen molar-refractivity contribution in [3.05, 3.63) is 54.1 Å². The standard InChI is InChI=1S/C15H17NOS/c1-2-18-15-10-13(8-9-14(15)16)17-11-12-6-4-3-5-7-12/h3-10H,2,11,16H2,1H3. The van der Waals surface area contributed by atoms with Gasteiger partial charge in [0.2, 0.25) is 0 Å². The molecule has 0 fully saturated rings. The molecule has 0 spiro atoms. The smallest absolute Gasteiger partial charge is 0.121 e. The molecule has 0 saturated carbocycles. The van der Waals surface area contributed by atoms with Gasteiger partial charge in [0.15, 0.2) is 0 Å². The molecule has 2 aromatic rings. The minimum Gasteiger partial charge on any atom is -0.489 e. The van der Waals surface area contributed by atoms with Crippen LogP contribution in [-0.2, 0) is 6.61 Å². The molecule has 0 aliphatic rings. The normalized spacial score (nSPS) is 10.3. The number of hydrogen-bond donors (Lipinski definition) is 1. The average molecular weight is 259 g/mol. The van der Waals surface area contributed by atoms with Crippen LogP contribution in [0.5, 0.6) is 5.75 Å². The second-order valence-corrected chi connectivity index (χ2v) is 5.21. The summed E-state index contributed by atoms with van der Waals surface area (Å²) in [5.74, 6) is 1.87. The van der Waals surface area contributed by atoms with Gasteiger partial charge < -0.3 is 10.5 Å². The van der Waals surface area contributed by atoms with Crippen molar-refractivity contribution in [1.82, 2.24) is 0 Å². The maximum absolute atomic E-state index is 5.91. The van der Waals surface area contributed by atoms with Gasteiger partial charge in [0, 0.05) is 10.6 Å². The van der Waals surface area contributed by atoms with Gasteiger partial charge in [0.25, 0.3) is 0 Å². The number of ether oxygens (including phenoxy) is 1. The maximum atomic E-state index is 5.91. The van der Waals surface area contributed by atoms with Crippen molar-refractivity contribution in [2.75, 3.05) is 11.5 Å². The van der Waals surface area contributed by atoms with Crippen LogP contribution in [0.4, 0.5) is 5.69 Å². The molecular formula is C15H17NOS. The molecule has 0 bridgehead atoms. The molecule has 0 saturated heterocycles. The van der Waals surface area contributed by atoms with E-state index < -0.39 is 0 Å². The van der Waals surface area contributed by atoms with E-state index in [1.807, 2.05) is 36.4 Å². The second kappa shape index (κ2) is 6.36. The summed E-state index contributed by atoms with van der Waals surface area (Å²) in [6.45, 7) is 2.70. The zero-order valence-corrected chi connectivity index (χ0v) is 11.2. The van der Waals surface area contributed by atoms with Crippen LogP contribution in [0.3, 0.4) is 0 Å². The van der Waals surface area contributed by atoms with E-state index in [1.54, 1.807) is 11.8 Å². The molecule has 0 amide bonds. The molecule has 18 heavy (non-hydrogen) atoms. The number of nitrogen functional groups attached to an aromatic ring is 1. The summed E-state index contributed by atoms with van der Waals surface area (Å²) in [4.78, 5) is 1.09. The highest BCUT2D eigenvalue weighted by molar-refractivity contribution is 7.99. The predicted molar refractivity (Wildman–Crippen MR) is 78.0 cm³/mol. The molecule has 0 heterocycles. The summed E-state index contributed by atoms with van der Waals surface area (Å²) in [5.41, 5.74) is 7.89. The summed E-state index contributed by atoms with van der Waals surface area (Å²) in [5, 5.41) is 0.